The van der Waals surface area contributed by atoms with E-state index >= 15 is 0 Å². The molecular weight excluding hydrogens is 267 g/mol. The van der Waals surface area contributed by atoms with Gasteiger partial charge in [-0.15, -0.1) is 0 Å². The molecule has 96 valence electrons. The van der Waals surface area contributed by atoms with E-state index in [1.165, 1.54) is 18.2 Å². The van der Waals surface area contributed by atoms with Gasteiger partial charge in [0.1, 0.15) is 17.6 Å². The van der Waals surface area contributed by atoms with Crippen LogP contribution in [0.3, 0.4) is 0 Å². The van der Waals surface area contributed by atoms with Crippen LogP contribution in [0.2, 0.25) is 5.02 Å². The van der Waals surface area contributed by atoms with Gasteiger partial charge in [0, 0.05) is 12.2 Å². The van der Waals surface area contributed by atoms with Gasteiger partial charge in [0.25, 0.3) is 0 Å². The zero-order valence-electron chi connectivity index (χ0n) is 9.82. The van der Waals surface area contributed by atoms with Crippen molar-refractivity contribution in [1.29, 1.82) is 5.26 Å². The number of nitriles is 1. The second-order valence-corrected chi connectivity index (χ2v) is 4.35. The number of phenolic OH excluding ortho intramolecular Hbond substituents is 1. The maximum Gasteiger partial charge on any atom is 0.140 e. The Labute approximate surface area is 114 Å². The van der Waals surface area contributed by atoms with Crippen molar-refractivity contribution < 1.29 is 9.50 Å². The molecule has 2 N–H and O–H groups in total. The minimum absolute atomic E-state index is 0.0146. The molecule has 0 aliphatic rings. The monoisotopic (exact) mass is 276 g/mol. The quantitative estimate of drug-likeness (QED) is 0.841. The summed E-state index contributed by atoms with van der Waals surface area (Å²) in [5.74, 6) is -0.514. The fourth-order valence-electron chi connectivity index (χ4n) is 1.59. The first-order valence-electron chi connectivity index (χ1n) is 5.51. The van der Waals surface area contributed by atoms with Gasteiger partial charge in [-0.05, 0) is 35.9 Å². The van der Waals surface area contributed by atoms with Crippen LogP contribution in [0.25, 0.3) is 0 Å². The van der Waals surface area contributed by atoms with E-state index in [9.17, 15) is 9.50 Å². The van der Waals surface area contributed by atoms with Gasteiger partial charge in [-0.3, -0.25) is 0 Å². The minimum Gasteiger partial charge on any atom is -0.506 e. The van der Waals surface area contributed by atoms with E-state index in [0.717, 1.165) is 11.3 Å². The average Bonchev–Trinajstić information content (AvgIpc) is 2.41. The maximum atomic E-state index is 13.1. The molecule has 0 radical (unpaired) electrons. The van der Waals surface area contributed by atoms with Crippen LogP contribution in [0.1, 0.15) is 11.1 Å². The fraction of sp³-hybridized carbons (Fsp3) is 0.0714. The number of benzene rings is 2. The summed E-state index contributed by atoms with van der Waals surface area (Å²) in [6.45, 7) is 0.427. The summed E-state index contributed by atoms with van der Waals surface area (Å²) in [6, 6.07) is 10.9. The molecule has 3 nitrogen and oxygen atoms in total. The van der Waals surface area contributed by atoms with Crippen molar-refractivity contribution in [2.24, 2.45) is 0 Å². The van der Waals surface area contributed by atoms with E-state index in [0.29, 0.717) is 6.54 Å². The van der Waals surface area contributed by atoms with Crippen molar-refractivity contribution in [3.63, 3.8) is 0 Å². The van der Waals surface area contributed by atoms with Gasteiger partial charge in [-0.1, -0.05) is 17.7 Å². The molecule has 0 saturated heterocycles. The van der Waals surface area contributed by atoms with E-state index in [2.05, 4.69) is 5.32 Å². The Morgan fingerprint density at radius 2 is 2.05 bits per heavy atom. The number of aromatic hydroxyl groups is 1. The molecule has 0 aliphatic carbocycles. The molecular formula is C14H10ClFN2O. The topological polar surface area (TPSA) is 56.0 Å². The standard InChI is InChI=1S/C14H10ClFN2O/c15-12-6-11(2-4-14(12)19)18-8-9-1-3-13(16)10(5-9)7-17/h1-6,18-19H,8H2. The zero-order valence-corrected chi connectivity index (χ0v) is 10.6. The molecule has 0 spiro atoms. The van der Waals surface area contributed by atoms with Crippen molar-refractivity contribution in [1.82, 2.24) is 0 Å². The van der Waals surface area contributed by atoms with Gasteiger partial charge in [-0.2, -0.15) is 5.26 Å². The first kappa shape index (κ1) is 13.2. The van der Waals surface area contributed by atoms with E-state index in [4.69, 9.17) is 16.9 Å². The molecule has 0 aliphatic heterocycles. The maximum absolute atomic E-state index is 13.1. The van der Waals surface area contributed by atoms with Crippen LogP contribution >= 0.6 is 11.6 Å². The Morgan fingerprint density at radius 3 is 2.74 bits per heavy atom. The second kappa shape index (κ2) is 5.59. The SMILES string of the molecule is N#Cc1cc(CNc2ccc(O)c(Cl)c2)ccc1F. The molecule has 0 bridgehead atoms. The van der Waals surface area contributed by atoms with Crippen LogP contribution in [0.15, 0.2) is 36.4 Å². The Kier molecular flexibility index (Phi) is 3.88. The lowest BCUT2D eigenvalue weighted by molar-refractivity contribution is 0.475. The molecule has 0 amide bonds. The van der Waals surface area contributed by atoms with Gasteiger partial charge in [0.2, 0.25) is 0 Å². The molecule has 2 aromatic carbocycles. The first-order valence-corrected chi connectivity index (χ1v) is 5.89. The lowest BCUT2D eigenvalue weighted by atomic mass is 10.1. The summed E-state index contributed by atoms with van der Waals surface area (Å²) in [5, 5.41) is 21.4. The third kappa shape index (κ3) is 3.15. The summed E-state index contributed by atoms with van der Waals surface area (Å²) in [4.78, 5) is 0. The predicted octanol–water partition coefficient (Wildman–Crippen LogP) is 3.67. The largest absolute Gasteiger partial charge is 0.506 e. The van der Waals surface area contributed by atoms with Crippen LogP contribution in [-0.2, 0) is 6.54 Å². The molecule has 0 atom stereocenters. The Bertz CT molecular complexity index is 652. The van der Waals surface area contributed by atoms with Gasteiger partial charge in [-0.25, -0.2) is 4.39 Å². The molecule has 0 aromatic heterocycles. The van der Waals surface area contributed by atoms with Crippen molar-refractivity contribution in [2.75, 3.05) is 5.32 Å². The Hall–Kier alpha value is -2.25. The van der Waals surface area contributed by atoms with Crippen molar-refractivity contribution in [2.45, 2.75) is 6.54 Å². The van der Waals surface area contributed by atoms with Gasteiger partial charge < -0.3 is 10.4 Å². The van der Waals surface area contributed by atoms with Crippen LogP contribution in [0.5, 0.6) is 5.75 Å². The second-order valence-electron chi connectivity index (χ2n) is 3.95. The summed E-state index contributed by atoms with van der Waals surface area (Å²) in [6.07, 6.45) is 0. The number of hydrogen-bond donors (Lipinski definition) is 2. The zero-order chi connectivity index (χ0) is 13.8. The molecule has 2 rings (SSSR count). The highest BCUT2D eigenvalue weighted by Crippen LogP contribution is 2.26. The van der Waals surface area contributed by atoms with Crippen LogP contribution in [0.4, 0.5) is 10.1 Å². The number of phenols is 1. The third-order valence-corrected chi connectivity index (χ3v) is 2.90. The molecule has 2 aromatic rings. The Morgan fingerprint density at radius 1 is 1.26 bits per heavy atom. The molecule has 0 heterocycles. The number of anilines is 1. The smallest absolute Gasteiger partial charge is 0.140 e. The summed E-state index contributed by atoms with van der Waals surface area (Å²) in [5.41, 5.74) is 1.52. The number of halogens is 2. The minimum atomic E-state index is -0.529. The van der Waals surface area contributed by atoms with Gasteiger partial charge >= 0.3 is 0 Å². The fourth-order valence-corrected chi connectivity index (χ4v) is 1.77. The highest BCUT2D eigenvalue weighted by molar-refractivity contribution is 6.32. The predicted molar refractivity (Wildman–Crippen MR) is 71.6 cm³/mol. The van der Waals surface area contributed by atoms with Crippen LogP contribution in [-0.4, -0.2) is 5.11 Å². The van der Waals surface area contributed by atoms with Crippen LogP contribution < -0.4 is 5.32 Å². The third-order valence-electron chi connectivity index (χ3n) is 2.60. The van der Waals surface area contributed by atoms with E-state index in [1.54, 1.807) is 24.3 Å². The molecule has 5 heteroatoms. The highest BCUT2D eigenvalue weighted by atomic mass is 35.5. The Balaban J connectivity index is 2.10. The lowest BCUT2D eigenvalue weighted by Crippen LogP contribution is -2.00. The number of nitrogens with one attached hydrogen (secondary N) is 1. The van der Waals surface area contributed by atoms with Gasteiger partial charge in [0.15, 0.2) is 0 Å². The summed E-state index contributed by atoms with van der Waals surface area (Å²) >= 11 is 5.78. The van der Waals surface area contributed by atoms with E-state index in [-0.39, 0.29) is 16.3 Å². The first-order chi connectivity index (χ1) is 9.10. The number of rotatable bonds is 3. The summed E-state index contributed by atoms with van der Waals surface area (Å²) < 4.78 is 13.1. The van der Waals surface area contributed by atoms with Crippen molar-refractivity contribution in [3.8, 4) is 11.8 Å². The average molecular weight is 277 g/mol. The highest BCUT2D eigenvalue weighted by Gasteiger charge is 2.03. The number of nitrogens with zero attached hydrogens (tertiary/aromatic N) is 1. The molecule has 0 unspecified atom stereocenters. The molecule has 0 saturated carbocycles. The normalized spacial score (nSPS) is 9.95. The van der Waals surface area contributed by atoms with Crippen LogP contribution in [0, 0.1) is 17.1 Å². The van der Waals surface area contributed by atoms with Gasteiger partial charge in [0.05, 0.1) is 10.6 Å². The van der Waals surface area contributed by atoms with Crippen molar-refractivity contribution >= 4 is 17.3 Å². The number of hydrogen-bond acceptors (Lipinski definition) is 3. The van der Waals surface area contributed by atoms with E-state index in [1.807, 2.05) is 0 Å². The summed E-state index contributed by atoms with van der Waals surface area (Å²) in [7, 11) is 0. The van der Waals surface area contributed by atoms with E-state index < -0.39 is 5.82 Å². The van der Waals surface area contributed by atoms with Crippen molar-refractivity contribution in [3.05, 3.63) is 58.4 Å². The lowest BCUT2D eigenvalue weighted by Gasteiger charge is -2.08. The molecule has 0 fully saturated rings. The molecule has 19 heavy (non-hydrogen) atoms.